The predicted octanol–water partition coefficient (Wildman–Crippen LogP) is 2.99. The zero-order valence-electron chi connectivity index (χ0n) is 13.0. The van der Waals surface area contributed by atoms with Gasteiger partial charge in [0.2, 0.25) is 0 Å². The van der Waals surface area contributed by atoms with Gasteiger partial charge in [0.05, 0.1) is 0 Å². The summed E-state index contributed by atoms with van der Waals surface area (Å²) in [4.78, 5) is 15.0. The van der Waals surface area contributed by atoms with Crippen molar-refractivity contribution in [3.8, 4) is 0 Å². The third-order valence-corrected chi connectivity index (χ3v) is 5.14. The van der Waals surface area contributed by atoms with Gasteiger partial charge in [-0.2, -0.15) is 0 Å². The fourth-order valence-corrected chi connectivity index (χ4v) is 3.96. The molecule has 2 heterocycles. The van der Waals surface area contributed by atoms with Crippen molar-refractivity contribution in [2.45, 2.75) is 45.1 Å². The van der Waals surface area contributed by atoms with Crippen LogP contribution in [-0.4, -0.2) is 36.5 Å². The second kappa shape index (κ2) is 6.61. The first-order valence-electron chi connectivity index (χ1n) is 8.33. The van der Waals surface area contributed by atoms with Crippen molar-refractivity contribution in [2.75, 3.05) is 19.6 Å². The Balaban J connectivity index is 1.59. The van der Waals surface area contributed by atoms with E-state index in [2.05, 4.69) is 10.2 Å². The van der Waals surface area contributed by atoms with Gasteiger partial charge in [0.25, 0.3) is 5.91 Å². The van der Waals surface area contributed by atoms with Crippen molar-refractivity contribution in [3.05, 3.63) is 35.4 Å². The first-order chi connectivity index (χ1) is 10.3. The van der Waals surface area contributed by atoms with Crippen molar-refractivity contribution in [1.29, 1.82) is 0 Å². The monoisotopic (exact) mass is 286 g/mol. The van der Waals surface area contributed by atoms with Crippen LogP contribution in [0.3, 0.4) is 0 Å². The number of rotatable bonds is 3. The molecule has 2 aliphatic heterocycles. The lowest BCUT2D eigenvalue weighted by molar-refractivity contribution is 0.0575. The molecule has 3 rings (SSSR count). The van der Waals surface area contributed by atoms with Gasteiger partial charge in [0.15, 0.2) is 0 Å². The van der Waals surface area contributed by atoms with Crippen LogP contribution in [0.25, 0.3) is 0 Å². The first kappa shape index (κ1) is 14.6. The maximum absolute atomic E-state index is 12.3. The number of hydrogen-bond acceptors (Lipinski definition) is 2. The fourth-order valence-electron chi connectivity index (χ4n) is 3.96. The number of nitrogens with zero attached hydrogens (tertiary/aromatic N) is 1. The minimum atomic E-state index is 0.0843. The Morgan fingerprint density at radius 2 is 2.00 bits per heavy atom. The largest absolute Gasteiger partial charge is 0.352 e. The highest BCUT2D eigenvalue weighted by atomic mass is 16.1. The standard InChI is InChI=1S/C18H26N2O/c1-14-7-2-3-9-16(14)18(21)19-13-15-8-6-12-20-11-5-4-10-17(15)20/h2-3,7,9,15,17H,4-6,8,10-13H2,1H3,(H,19,21)/t15-,17+/m0/s1. The van der Waals surface area contributed by atoms with E-state index >= 15 is 0 Å². The van der Waals surface area contributed by atoms with Crippen molar-refractivity contribution < 1.29 is 4.79 Å². The number of carbonyl (C=O) groups excluding carboxylic acids is 1. The van der Waals surface area contributed by atoms with Crippen molar-refractivity contribution in [3.63, 3.8) is 0 Å². The number of nitrogens with one attached hydrogen (secondary N) is 1. The number of amides is 1. The predicted molar refractivity (Wildman–Crippen MR) is 85.4 cm³/mol. The molecular formula is C18H26N2O. The topological polar surface area (TPSA) is 32.3 Å². The molecule has 0 bridgehead atoms. The van der Waals surface area contributed by atoms with Crippen molar-refractivity contribution >= 4 is 5.91 Å². The fraction of sp³-hybridized carbons (Fsp3) is 0.611. The lowest BCUT2D eigenvalue weighted by atomic mass is 9.83. The van der Waals surface area contributed by atoms with Gasteiger partial charge in [-0.25, -0.2) is 0 Å². The summed E-state index contributed by atoms with van der Waals surface area (Å²) in [6, 6.07) is 8.53. The number of piperidine rings is 2. The first-order valence-corrected chi connectivity index (χ1v) is 8.33. The van der Waals surface area contributed by atoms with Gasteiger partial charge in [-0.3, -0.25) is 4.79 Å². The SMILES string of the molecule is Cc1ccccc1C(=O)NC[C@@H]1CCCN2CCCC[C@H]12. The van der Waals surface area contributed by atoms with Gasteiger partial charge in [-0.05, 0) is 63.2 Å². The molecule has 2 atom stereocenters. The Morgan fingerprint density at radius 1 is 1.19 bits per heavy atom. The van der Waals surface area contributed by atoms with Crippen LogP contribution >= 0.6 is 0 Å². The molecule has 0 saturated carbocycles. The third-order valence-electron chi connectivity index (χ3n) is 5.14. The normalized spacial score (nSPS) is 26.1. The second-order valence-electron chi connectivity index (χ2n) is 6.53. The molecule has 2 aliphatic rings. The minimum Gasteiger partial charge on any atom is -0.352 e. The van der Waals surface area contributed by atoms with E-state index in [0.717, 1.165) is 17.7 Å². The molecule has 1 amide bonds. The average Bonchev–Trinajstić information content (AvgIpc) is 2.53. The molecule has 3 heteroatoms. The molecule has 2 fully saturated rings. The quantitative estimate of drug-likeness (QED) is 0.926. The average molecular weight is 286 g/mol. The second-order valence-corrected chi connectivity index (χ2v) is 6.53. The summed E-state index contributed by atoms with van der Waals surface area (Å²) in [7, 11) is 0. The van der Waals surface area contributed by atoms with Crippen LogP contribution in [0.2, 0.25) is 0 Å². The molecule has 114 valence electrons. The summed E-state index contributed by atoms with van der Waals surface area (Å²) in [5.74, 6) is 0.716. The highest BCUT2D eigenvalue weighted by Crippen LogP contribution is 2.30. The van der Waals surface area contributed by atoms with Crippen LogP contribution in [0, 0.1) is 12.8 Å². The molecule has 21 heavy (non-hydrogen) atoms. The van der Waals surface area contributed by atoms with E-state index in [4.69, 9.17) is 0 Å². The van der Waals surface area contributed by atoms with Crippen LogP contribution in [0.15, 0.2) is 24.3 Å². The van der Waals surface area contributed by atoms with Gasteiger partial charge in [-0.15, -0.1) is 0 Å². The van der Waals surface area contributed by atoms with Crippen LogP contribution in [0.1, 0.15) is 48.0 Å². The molecule has 3 nitrogen and oxygen atoms in total. The number of carbonyl (C=O) groups is 1. The van der Waals surface area contributed by atoms with Gasteiger partial charge in [0, 0.05) is 18.2 Å². The summed E-state index contributed by atoms with van der Waals surface area (Å²) in [5, 5.41) is 3.18. The minimum absolute atomic E-state index is 0.0843. The lowest BCUT2D eigenvalue weighted by Crippen LogP contribution is -2.51. The highest BCUT2D eigenvalue weighted by molar-refractivity contribution is 5.95. The van der Waals surface area contributed by atoms with Gasteiger partial charge in [-0.1, -0.05) is 24.6 Å². The smallest absolute Gasteiger partial charge is 0.251 e. The molecule has 0 aliphatic carbocycles. The summed E-state index contributed by atoms with van der Waals surface area (Å²) in [6.07, 6.45) is 6.55. The zero-order chi connectivity index (χ0) is 14.7. The summed E-state index contributed by atoms with van der Waals surface area (Å²) in [6.45, 7) is 5.34. The van der Waals surface area contributed by atoms with E-state index in [0.29, 0.717) is 12.0 Å². The van der Waals surface area contributed by atoms with E-state index in [1.165, 1.54) is 45.2 Å². The van der Waals surface area contributed by atoms with Crippen LogP contribution < -0.4 is 5.32 Å². The highest BCUT2D eigenvalue weighted by Gasteiger charge is 2.32. The Bertz CT molecular complexity index is 498. The molecule has 0 radical (unpaired) electrons. The number of aryl methyl sites for hydroxylation is 1. The third kappa shape index (κ3) is 3.29. The molecule has 2 saturated heterocycles. The Morgan fingerprint density at radius 3 is 2.86 bits per heavy atom. The van der Waals surface area contributed by atoms with Gasteiger partial charge in [0.1, 0.15) is 0 Å². The Labute approximate surface area is 127 Å². The van der Waals surface area contributed by atoms with E-state index < -0.39 is 0 Å². The summed E-state index contributed by atoms with van der Waals surface area (Å²) in [5.41, 5.74) is 1.87. The molecule has 1 aromatic rings. The summed E-state index contributed by atoms with van der Waals surface area (Å²) < 4.78 is 0. The Hall–Kier alpha value is -1.35. The molecular weight excluding hydrogens is 260 g/mol. The van der Waals surface area contributed by atoms with Crippen molar-refractivity contribution in [1.82, 2.24) is 10.2 Å². The maximum Gasteiger partial charge on any atom is 0.251 e. The zero-order valence-corrected chi connectivity index (χ0v) is 13.0. The lowest BCUT2D eigenvalue weighted by Gasteiger charge is -2.44. The van der Waals surface area contributed by atoms with E-state index in [-0.39, 0.29) is 5.91 Å². The van der Waals surface area contributed by atoms with E-state index in [1.54, 1.807) is 0 Å². The maximum atomic E-state index is 12.3. The number of hydrogen-bond donors (Lipinski definition) is 1. The molecule has 1 aromatic carbocycles. The van der Waals surface area contributed by atoms with E-state index in [1.807, 2.05) is 31.2 Å². The van der Waals surface area contributed by atoms with Crippen molar-refractivity contribution in [2.24, 2.45) is 5.92 Å². The van der Waals surface area contributed by atoms with E-state index in [9.17, 15) is 4.79 Å². The molecule has 0 unspecified atom stereocenters. The van der Waals surface area contributed by atoms with Crippen LogP contribution in [-0.2, 0) is 0 Å². The van der Waals surface area contributed by atoms with Crippen LogP contribution in [0.5, 0.6) is 0 Å². The molecule has 1 N–H and O–H groups in total. The Kier molecular flexibility index (Phi) is 4.59. The number of benzene rings is 1. The van der Waals surface area contributed by atoms with Gasteiger partial charge < -0.3 is 10.2 Å². The van der Waals surface area contributed by atoms with Gasteiger partial charge >= 0.3 is 0 Å². The summed E-state index contributed by atoms with van der Waals surface area (Å²) >= 11 is 0. The number of fused-ring (bicyclic) bond motifs is 1. The molecule has 0 aromatic heterocycles. The molecule has 0 spiro atoms. The van der Waals surface area contributed by atoms with Crippen LogP contribution in [0.4, 0.5) is 0 Å².